The topological polar surface area (TPSA) is 37.4 Å². The molecule has 0 unspecified atom stereocenters. The highest BCUT2D eigenvalue weighted by Crippen LogP contribution is 2.27. The molecule has 0 aliphatic carbocycles. The van der Waals surface area contributed by atoms with E-state index in [9.17, 15) is 9.59 Å². The lowest BCUT2D eigenvalue weighted by Gasteiger charge is -2.30. The van der Waals surface area contributed by atoms with Crippen LogP contribution in [0.5, 0.6) is 0 Å². The average molecular weight is 239 g/mol. The van der Waals surface area contributed by atoms with E-state index in [0.717, 1.165) is 12.8 Å². The molecule has 17 heavy (non-hydrogen) atoms. The van der Waals surface area contributed by atoms with Crippen LogP contribution in [0.1, 0.15) is 60.3 Å². The first-order valence-electron chi connectivity index (χ1n) is 6.48. The van der Waals surface area contributed by atoms with E-state index in [1.54, 1.807) is 4.90 Å². The Balaban J connectivity index is 2.47. The van der Waals surface area contributed by atoms with Crippen molar-refractivity contribution in [3.63, 3.8) is 0 Å². The predicted molar refractivity (Wildman–Crippen MR) is 68.7 cm³/mol. The number of likely N-dealkylation sites (tertiary alicyclic amines) is 1. The molecule has 1 aliphatic rings. The van der Waals surface area contributed by atoms with Crippen molar-refractivity contribution in [2.45, 2.75) is 65.8 Å². The highest BCUT2D eigenvalue weighted by Gasteiger charge is 2.42. The van der Waals surface area contributed by atoms with Crippen molar-refractivity contribution in [2.75, 3.05) is 6.54 Å². The summed E-state index contributed by atoms with van der Waals surface area (Å²) in [7, 11) is 0. The highest BCUT2D eigenvalue weighted by molar-refractivity contribution is 5.95. The monoisotopic (exact) mass is 239 g/mol. The van der Waals surface area contributed by atoms with Gasteiger partial charge in [-0.3, -0.25) is 9.59 Å². The molecule has 98 valence electrons. The van der Waals surface area contributed by atoms with Crippen molar-refractivity contribution in [3.8, 4) is 0 Å². The molecule has 1 aliphatic heterocycles. The van der Waals surface area contributed by atoms with Crippen LogP contribution in [-0.4, -0.2) is 28.7 Å². The first-order valence-corrected chi connectivity index (χ1v) is 6.48. The summed E-state index contributed by atoms with van der Waals surface area (Å²) in [4.78, 5) is 25.5. The molecule has 1 heterocycles. The van der Waals surface area contributed by atoms with Gasteiger partial charge in [-0.25, -0.2) is 0 Å². The number of carbonyl (C=O) groups excluding carboxylic acids is 2. The maximum atomic E-state index is 12.1. The molecular weight excluding hydrogens is 214 g/mol. The summed E-state index contributed by atoms with van der Waals surface area (Å²) in [6, 6.07) is 0. The van der Waals surface area contributed by atoms with Crippen LogP contribution in [0.4, 0.5) is 0 Å². The number of hydrogen-bond donors (Lipinski definition) is 0. The lowest BCUT2D eigenvalue weighted by atomic mass is 9.89. The molecule has 0 N–H and O–H groups in total. The molecule has 0 aromatic carbocycles. The van der Waals surface area contributed by atoms with Crippen molar-refractivity contribution >= 4 is 11.7 Å². The molecule has 0 aromatic rings. The zero-order valence-electron chi connectivity index (χ0n) is 11.8. The Bertz CT molecular complexity index is 313. The fourth-order valence-electron chi connectivity index (χ4n) is 2.29. The average Bonchev–Trinajstić information content (AvgIpc) is 2.39. The molecule has 1 amide bonds. The van der Waals surface area contributed by atoms with E-state index in [0.29, 0.717) is 19.4 Å². The largest absolute Gasteiger partial charge is 0.330 e. The third-order valence-corrected chi connectivity index (χ3v) is 3.54. The van der Waals surface area contributed by atoms with Crippen molar-refractivity contribution in [3.05, 3.63) is 0 Å². The van der Waals surface area contributed by atoms with Gasteiger partial charge in [0.15, 0.2) is 5.78 Å². The minimum Gasteiger partial charge on any atom is -0.330 e. The molecule has 0 bridgehead atoms. The number of Topliss-reactive ketones (excluding diaryl/α,β-unsaturated/α-hetero) is 1. The molecule has 3 nitrogen and oxygen atoms in total. The third kappa shape index (κ3) is 3.55. The quantitative estimate of drug-likeness (QED) is 0.759. The molecule has 1 saturated heterocycles. The van der Waals surface area contributed by atoms with Gasteiger partial charge in [0.25, 0.3) is 0 Å². The third-order valence-electron chi connectivity index (χ3n) is 3.54. The second kappa shape index (κ2) is 4.79. The van der Waals surface area contributed by atoms with Gasteiger partial charge in [-0.2, -0.15) is 0 Å². The van der Waals surface area contributed by atoms with E-state index >= 15 is 0 Å². The van der Waals surface area contributed by atoms with Crippen LogP contribution < -0.4 is 0 Å². The van der Waals surface area contributed by atoms with E-state index in [-0.39, 0.29) is 17.1 Å². The number of hydrogen-bond acceptors (Lipinski definition) is 2. The van der Waals surface area contributed by atoms with Crippen LogP contribution in [0.3, 0.4) is 0 Å². The minimum atomic E-state index is -0.585. The number of amides is 1. The van der Waals surface area contributed by atoms with E-state index < -0.39 is 5.54 Å². The molecule has 0 radical (unpaired) electrons. The van der Waals surface area contributed by atoms with Gasteiger partial charge in [-0.15, -0.1) is 0 Å². The van der Waals surface area contributed by atoms with Crippen LogP contribution in [0.2, 0.25) is 0 Å². The zero-order valence-corrected chi connectivity index (χ0v) is 11.8. The van der Waals surface area contributed by atoms with Gasteiger partial charge in [0.05, 0.1) is 5.54 Å². The second-order valence-electron chi connectivity index (χ2n) is 6.69. The van der Waals surface area contributed by atoms with E-state index in [2.05, 4.69) is 20.8 Å². The summed E-state index contributed by atoms with van der Waals surface area (Å²) in [5.41, 5.74) is -0.310. The Morgan fingerprint density at radius 3 is 2.35 bits per heavy atom. The van der Waals surface area contributed by atoms with Gasteiger partial charge >= 0.3 is 0 Å². The standard InChI is InChI=1S/C14H25NO2/c1-13(2,3)9-6-7-12(17)15-10-8-11(16)14(15,4)5/h6-10H2,1-5H3. The predicted octanol–water partition coefficient (Wildman–Crippen LogP) is 2.78. The zero-order chi connectivity index (χ0) is 13.3. The molecule has 0 saturated carbocycles. The van der Waals surface area contributed by atoms with Gasteiger partial charge in [-0.1, -0.05) is 20.8 Å². The van der Waals surface area contributed by atoms with Crippen molar-refractivity contribution in [1.82, 2.24) is 4.90 Å². The van der Waals surface area contributed by atoms with Crippen LogP contribution in [0.25, 0.3) is 0 Å². The van der Waals surface area contributed by atoms with Crippen LogP contribution >= 0.6 is 0 Å². The maximum Gasteiger partial charge on any atom is 0.223 e. The lowest BCUT2D eigenvalue weighted by molar-refractivity contribution is -0.138. The molecule has 0 atom stereocenters. The van der Waals surface area contributed by atoms with Gasteiger partial charge in [-0.05, 0) is 32.1 Å². The summed E-state index contributed by atoms with van der Waals surface area (Å²) in [6.45, 7) is 10.8. The summed E-state index contributed by atoms with van der Waals surface area (Å²) >= 11 is 0. The van der Waals surface area contributed by atoms with E-state index in [1.807, 2.05) is 13.8 Å². The number of rotatable bonds is 3. The summed E-state index contributed by atoms with van der Waals surface area (Å²) in [5, 5.41) is 0. The molecular formula is C14H25NO2. The fraction of sp³-hybridized carbons (Fsp3) is 0.857. The fourth-order valence-corrected chi connectivity index (χ4v) is 2.29. The first-order chi connectivity index (χ1) is 7.64. The van der Waals surface area contributed by atoms with Crippen LogP contribution in [-0.2, 0) is 9.59 Å². The number of carbonyl (C=O) groups is 2. The molecule has 0 spiro atoms. The Kier molecular flexibility index (Phi) is 4.00. The lowest BCUT2D eigenvalue weighted by Crippen LogP contribution is -2.46. The maximum absolute atomic E-state index is 12.1. The first kappa shape index (κ1) is 14.2. The SMILES string of the molecule is CC(C)(C)CCCC(=O)N1CCC(=O)C1(C)C. The summed E-state index contributed by atoms with van der Waals surface area (Å²) in [5.74, 6) is 0.312. The normalized spacial score (nSPS) is 19.8. The molecule has 1 fully saturated rings. The Morgan fingerprint density at radius 1 is 1.35 bits per heavy atom. The second-order valence-corrected chi connectivity index (χ2v) is 6.69. The molecule has 3 heteroatoms. The van der Waals surface area contributed by atoms with Gasteiger partial charge < -0.3 is 4.90 Å². The van der Waals surface area contributed by atoms with Crippen LogP contribution in [0.15, 0.2) is 0 Å². The van der Waals surface area contributed by atoms with E-state index in [1.165, 1.54) is 0 Å². The Labute approximate surface area is 105 Å². The molecule has 1 rings (SSSR count). The van der Waals surface area contributed by atoms with Gasteiger partial charge in [0, 0.05) is 19.4 Å². The van der Waals surface area contributed by atoms with E-state index in [4.69, 9.17) is 0 Å². The Hall–Kier alpha value is -0.860. The smallest absolute Gasteiger partial charge is 0.223 e. The number of ketones is 1. The van der Waals surface area contributed by atoms with Gasteiger partial charge in [0.2, 0.25) is 5.91 Å². The van der Waals surface area contributed by atoms with Crippen molar-refractivity contribution < 1.29 is 9.59 Å². The summed E-state index contributed by atoms with van der Waals surface area (Å²) in [6.07, 6.45) is 3.02. The molecule has 0 aromatic heterocycles. The van der Waals surface area contributed by atoms with Crippen molar-refractivity contribution in [1.29, 1.82) is 0 Å². The van der Waals surface area contributed by atoms with Crippen LogP contribution in [0, 0.1) is 5.41 Å². The Morgan fingerprint density at radius 2 is 1.94 bits per heavy atom. The van der Waals surface area contributed by atoms with Gasteiger partial charge in [0.1, 0.15) is 0 Å². The highest BCUT2D eigenvalue weighted by atomic mass is 16.2. The minimum absolute atomic E-state index is 0.130. The van der Waals surface area contributed by atoms with Crippen molar-refractivity contribution in [2.24, 2.45) is 5.41 Å². The summed E-state index contributed by atoms with van der Waals surface area (Å²) < 4.78 is 0. The number of nitrogens with zero attached hydrogens (tertiary/aromatic N) is 1.